The highest BCUT2D eigenvalue weighted by atomic mass is 32.2. The molecule has 2 aromatic heterocycles. The summed E-state index contributed by atoms with van der Waals surface area (Å²) in [5.74, 6) is -20.3. The third-order valence-electron chi connectivity index (χ3n) is 23.1. The van der Waals surface area contributed by atoms with Gasteiger partial charge in [-0.2, -0.15) is 0 Å². The van der Waals surface area contributed by atoms with E-state index < -0.39 is 248 Å². The number of unbranched alkanes of at least 4 members (excludes halogenated alkanes) is 2. The molecule has 3 aromatic carbocycles. The topological polar surface area (TPSA) is 645 Å². The highest BCUT2D eigenvalue weighted by molar-refractivity contribution is 8.00. The molecule has 16 amide bonds. The Bertz CT molecular complexity index is 4900. The van der Waals surface area contributed by atoms with Gasteiger partial charge in [0.15, 0.2) is 0 Å². The molecule has 3 aliphatic heterocycles. The molecule has 8 rings (SSSR count). The summed E-state index contributed by atoms with van der Waals surface area (Å²) < 4.78 is 0.821. The van der Waals surface area contributed by atoms with E-state index in [0.717, 1.165) is 36.5 Å². The van der Waals surface area contributed by atoms with Gasteiger partial charge in [0.05, 0.1) is 31.2 Å². The molecule has 0 spiro atoms. The van der Waals surface area contributed by atoms with Crippen LogP contribution in [-0.2, 0) is 106 Å². The number of phenolic OH excluding ortho intramolecular Hbond substituents is 1. The lowest BCUT2D eigenvalue weighted by Crippen LogP contribution is -2.62. The average molecular weight is 1850 g/mol. The first-order valence-corrected chi connectivity index (χ1v) is 45.2. The lowest BCUT2D eigenvalue weighted by atomic mass is 9.99. The zero-order chi connectivity index (χ0) is 95.3. The molecule has 0 bridgehead atoms. The number of amides is 16. The Kier molecular flexibility index (Phi) is 39.1. The first kappa shape index (κ1) is 103. The van der Waals surface area contributed by atoms with Crippen molar-refractivity contribution in [3.8, 4) is 5.75 Å². The van der Waals surface area contributed by atoms with Crippen molar-refractivity contribution in [2.24, 2.45) is 22.9 Å². The number of para-hydroxylation sites is 1. The van der Waals surface area contributed by atoms with E-state index in [2.05, 4.69) is 58.2 Å². The van der Waals surface area contributed by atoms with E-state index >= 15 is 28.8 Å². The molecule has 44 heteroatoms. The van der Waals surface area contributed by atoms with Gasteiger partial charge in [0.25, 0.3) is 0 Å². The number of likely N-dealkylation sites (N-methyl/N-ethyl adjacent to an activating group) is 3. The smallest absolute Gasteiger partial charge is 0.305 e. The van der Waals surface area contributed by atoms with E-state index in [9.17, 15) is 78.0 Å². The predicted octanol–water partition coefficient (Wildman–Crippen LogP) is -3.34. The van der Waals surface area contributed by atoms with Crippen molar-refractivity contribution in [3.63, 3.8) is 0 Å². The predicted molar refractivity (Wildman–Crippen MR) is 477 cm³/mol. The van der Waals surface area contributed by atoms with Crippen LogP contribution < -0.4 is 76.1 Å². The fraction of sp³-hybridized carbons (Fsp3) is 0.535. The summed E-state index contributed by atoms with van der Waals surface area (Å²) in [7, 11) is 3.90. The number of thiophene rings is 1. The monoisotopic (exact) mass is 1850 g/mol. The number of carbonyl (C=O) groups is 18. The molecule has 0 radical (unpaired) electrons. The van der Waals surface area contributed by atoms with Gasteiger partial charge in [0.2, 0.25) is 94.5 Å². The Hall–Kier alpha value is -12.4. The van der Waals surface area contributed by atoms with Crippen LogP contribution in [0.3, 0.4) is 0 Å². The third kappa shape index (κ3) is 28.3. The first-order valence-electron chi connectivity index (χ1n) is 43.2. The van der Waals surface area contributed by atoms with Crippen molar-refractivity contribution in [2.45, 2.75) is 221 Å². The van der Waals surface area contributed by atoms with E-state index in [4.69, 9.17) is 22.9 Å². The van der Waals surface area contributed by atoms with Crippen LogP contribution in [0.1, 0.15) is 127 Å². The molecule has 708 valence electrons. The minimum atomic E-state index is -2.07. The van der Waals surface area contributed by atoms with E-state index in [-0.39, 0.29) is 89.6 Å². The summed E-state index contributed by atoms with van der Waals surface area (Å²) in [6.45, 7) is 2.34. The number of benzene rings is 3. The summed E-state index contributed by atoms with van der Waals surface area (Å²) in [5, 5.41) is 70.6. The molecule has 0 saturated carbocycles. The largest absolute Gasteiger partial charge is 0.508 e. The van der Waals surface area contributed by atoms with Crippen molar-refractivity contribution in [2.75, 3.05) is 71.9 Å². The number of nitrogens with zero attached hydrogens (tertiary/aromatic N) is 5. The van der Waals surface area contributed by atoms with E-state index in [1.54, 1.807) is 41.9 Å². The Morgan fingerprint density at radius 1 is 0.523 bits per heavy atom. The molecule has 3 saturated heterocycles. The van der Waals surface area contributed by atoms with Crippen LogP contribution >= 0.6 is 23.1 Å². The Morgan fingerprint density at radius 3 is 1.71 bits per heavy atom. The van der Waals surface area contributed by atoms with E-state index in [0.29, 0.717) is 53.3 Å². The zero-order valence-electron chi connectivity index (χ0n) is 73.4. The molecular formula is C86H120N20O22S2. The molecule has 5 aromatic rings. The molecule has 3 aliphatic rings. The second-order valence-corrected chi connectivity index (χ2v) is 34.5. The second kappa shape index (κ2) is 49.4. The molecule has 0 aliphatic carbocycles. The van der Waals surface area contributed by atoms with Gasteiger partial charge in [-0.25, -0.2) is 0 Å². The van der Waals surface area contributed by atoms with Crippen LogP contribution in [0.15, 0.2) is 84.4 Å². The number of aliphatic hydroxyl groups excluding tert-OH is 1. The quantitative estimate of drug-likeness (QED) is 0.0272. The normalized spacial score (nSPS) is 25.2. The van der Waals surface area contributed by atoms with E-state index in [1.807, 2.05) is 32.0 Å². The number of aromatic nitrogens is 1. The van der Waals surface area contributed by atoms with Gasteiger partial charge in [-0.15, -0.1) is 23.1 Å². The summed E-state index contributed by atoms with van der Waals surface area (Å²) >= 11 is 2.12. The molecule has 0 unspecified atom stereocenters. The van der Waals surface area contributed by atoms with Gasteiger partial charge in [0, 0.05) is 94.0 Å². The number of aliphatic hydroxyl groups is 1. The SMILES string of the molecule is CCCC[C@H]1C(=O)N(C)[C@@H](CCCC)C(=O)N[C@@H](CCCN)C(=O)N[C@H](C(=O)NCC(N)=O)CSCC(=O)N[C@@H](Cc2ccc(O)cc2)C(=O)N(C)[C@@H](C)C(=O)N[C@@H](CC(=O)O)C(=O)N2CCC[C@H]2C(=O)N[C@@H](CN)C(=O)N[C@@H](CC(=O)O)C(=O)N2C[C@H](O)C[C@H]2C(=O)N[C@@H](Cc2c[nH]c3ccccc23)C(=O)N[C@@H](CCN)C(=O)N[C@@H](Cc2csc3ccccc23)C(=O)N1C. The number of thioether (sulfide) groups is 1. The highest BCUT2D eigenvalue weighted by Gasteiger charge is 2.47. The summed E-state index contributed by atoms with van der Waals surface area (Å²) in [6, 6.07) is -2.99. The fourth-order valence-corrected chi connectivity index (χ4v) is 17.6. The number of aromatic amines is 1. The molecule has 23 N–H and O–H groups in total. The number of aliphatic carboxylic acids is 2. The lowest BCUT2D eigenvalue weighted by Gasteiger charge is -2.36. The maximum Gasteiger partial charge on any atom is 0.305 e. The number of carboxylic acids is 2. The zero-order valence-corrected chi connectivity index (χ0v) is 75.1. The number of H-pyrrole nitrogens is 1. The maximum atomic E-state index is 15.8. The number of fused-ring (bicyclic) bond motifs is 4. The number of primary amides is 1. The Balaban J connectivity index is 1.18. The van der Waals surface area contributed by atoms with Crippen molar-refractivity contribution < 1.29 is 107 Å². The number of hydrogen-bond donors (Lipinski definition) is 19. The van der Waals surface area contributed by atoms with Gasteiger partial charge >= 0.3 is 11.9 Å². The third-order valence-corrected chi connectivity index (χ3v) is 25.1. The number of nitrogens with two attached hydrogens (primary N) is 4. The molecule has 130 heavy (non-hydrogen) atoms. The van der Waals surface area contributed by atoms with Crippen LogP contribution in [0.2, 0.25) is 0 Å². The van der Waals surface area contributed by atoms with Gasteiger partial charge < -0.3 is 126 Å². The number of nitrogens with one attached hydrogen (secondary N) is 11. The first-order chi connectivity index (χ1) is 61.9. The fourth-order valence-electron chi connectivity index (χ4n) is 15.8. The van der Waals surface area contributed by atoms with Crippen LogP contribution in [-0.4, -0.2) is 319 Å². The van der Waals surface area contributed by atoms with Crippen molar-refractivity contribution in [1.29, 1.82) is 0 Å². The Morgan fingerprint density at radius 2 is 1.06 bits per heavy atom. The second-order valence-electron chi connectivity index (χ2n) is 32.6. The Labute approximate surface area is 758 Å². The summed E-state index contributed by atoms with van der Waals surface area (Å²) in [6.07, 6.45) is -2.09. The number of carbonyl (C=O) groups excluding carboxylic acids is 16. The highest BCUT2D eigenvalue weighted by Crippen LogP contribution is 2.30. The molecule has 15 atom stereocenters. The van der Waals surface area contributed by atoms with Crippen LogP contribution in [0.4, 0.5) is 0 Å². The minimum absolute atomic E-state index is 0.00288. The summed E-state index contributed by atoms with van der Waals surface area (Å²) in [4.78, 5) is 268. The van der Waals surface area contributed by atoms with Gasteiger partial charge in [-0.3, -0.25) is 86.3 Å². The van der Waals surface area contributed by atoms with Gasteiger partial charge in [-0.05, 0) is 117 Å². The van der Waals surface area contributed by atoms with Crippen molar-refractivity contribution >= 4 is 151 Å². The molecule has 42 nitrogen and oxygen atoms in total. The molecule has 3 fully saturated rings. The summed E-state index contributed by atoms with van der Waals surface area (Å²) in [5.41, 5.74) is 25.7. The number of phenols is 1. The van der Waals surface area contributed by atoms with Crippen molar-refractivity contribution in [1.82, 2.24) is 82.7 Å². The number of rotatable bonds is 25. The average Bonchev–Trinajstić information content (AvgIpc) is 1.50. The number of hydrogen-bond acceptors (Lipinski definition) is 25. The standard InChI is InChI=1S/C86H120N20O22S2/c1-7-9-21-64-79(121)95-55(20-15-30-87)75(117)101-63(74(116)92-41-69(90)109)44-129-45-70(110)93-58(33-47-25-27-50(107)28-26-47)82(124)102(4)46(3)73(115)97-60(37-71(111)112)84(126)105-32-16-23-65(105)80(122)100-62(39-89)78(120)99-61(38-72(113)114)85(127)106-42-51(108)36-67(106)81(123)96-57(34-48-40-91-54-19-13-11-17-52(48)54)77(119)94-56(29-31-88)76(118)98-59(35-49-43-130-68-24-14-12-18-53(49)68)83(125)104(6)66(22-10-8-2)86(128)103(64)5/h11-14,17-19,24-28,40,43,46,51,55-67,91,107-108H,7-10,15-16,20-23,29-39,41-42,44-45,87-89H2,1-6H3,(H2,90,109)(H,92,116)(H,93,110)(H,94,119)(H,95,121)(H,96,123)(H,97,115)(H,98,118)(H,99,120)(H,100,122)(H,101,117)(H,111,112)(H,113,114)/t46-,51+,55-,56-,57-,58-,59-,60-,61-,62-,63-,64-,65-,66-,67-/m0/s1. The van der Waals surface area contributed by atoms with Crippen LogP contribution in [0.25, 0.3) is 21.0 Å². The maximum absolute atomic E-state index is 15.8. The van der Waals surface area contributed by atoms with E-state index in [1.165, 1.54) is 73.5 Å². The lowest BCUT2D eigenvalue weighted by molar-refractivity contribution is -0.149. The molecule has 5 heterocycles. The number of aromatic hydroxyl groups is 1. The van der Waals surface area contributed by atoms with Crippen molar-refractivity contribution in [3.05, 3.63) is 101 Å². The van der Waals surface area contributed by atoms with Crippen LogP contribution in [0.5, 0.6) is 5.75 Å². The van der Waals surface area contributed by atoms with Gasteiger partial charge in [0.1, 0.15) is 90.3 Å². The number of carboxylic acid groups (broad SMARTS) is 2. The van der Waals surface area contributed by atoms with Crippen LogP contribution in [0, 0.1) is 0 Å². The van der Waals surface area contributed by atoms with Gasteiger partial charge in [-0.1, -0.05) is 88.1 Å². The molecular weight excluding hydrogens is 1730 g/mol. The minimum Gasteiger partial charge on any atom is -0.508 e.